The molecule has 2 aromatic carbocycles. The topological polar surface area (TPSA) is 82.9 Å². The van der Waals surface area contributed by atoms with Crippen LogP contribution in [0.15, 0.2) is 54.6 Å². The normalized spacial score (nSPS) is 10.0. The molecule has 0 amide bonds. The van der Waals surface area contributed by atoms with Gasteiger partial charge in [0.15, 0.2) is 0 Å². The van der Waals surface area contributed by atoms with Gasteiger partial charge in [0.25, 0.3) is 0 Å². The SMILES string of the molecule is CCOc1ccccc1Nc1cc(Nc2ccc(C#N)cc2)nc(C)n1. The van der Waals surface area contributed by atoms with E-state index in [2.05, 4.69) is 26.7 Å². The van der Waals surface area contributed by atoms with Crippen LogP contribution in [-0.4, -0.2) is 16.6 Å². The Morgan fingerprint density at radius 3 is 2.38 bits per heavy atom. The summed E-state index contributed by atoms with van der Waals surface area (Å²) >= 11 is 0. The molecule has 0 spiro atoms. The largest absolute Gasteiger partial charge is 0.492 e. The second-order valence-corrected chi connectivity index (χ2v) is 5.55. The zero-order valence-corrected chi connectivity index (χ0v) is 14.7. The molecule has 0 aliphatic carbocycles. The highest BCUT2D eigenvalue weighted by Crippen LogP contribution is 2.28. The number of hydrogen-bond acceptors (Lipinski definition) is 6. The number of ether oxygens (including phenoxy) is 1. The van der Waals surface area contributed by atoms with Crippen molar-refractivity contribution >= 4 is 23.0 Å². The number of nitrogens with one attached hydrogen (secondary N) is 2. The fourth-order valence-electron chi connectivity index (χ4n) is 2.46. The molecule has 0 aliphatic heterocycles. The van der Waals surface area contributed by atoms with Crippen molar-refractivity contribution in [2.45, 2.75) is 13.8 Å². The van der Waals surface area contributed by atoms with E-state index in [1.165, 1.54) is 0 Å². The van der Waals surface area contributed by atoms with Crippen LogP contribution in [0.4, 0.5) is 23.0 Å². The molecule has 1 aromatic heterocycles. The Morgan fingerprint density at radius 1 is 1.00 bits per heavy atom. The van der Waals surface area contributed by atoms with Crippen molar-refractivity contribution in [1.29, 1.82) is 5.26 Å². The van der Waals surface area contributed by atoms with E-state index in [0.29, 0.717) is 29.6 Å². The number of para-hydroxylation sites is 2. The highest BCUT2D eigenvalue weighted by atomic mass is 16.5. The summed E-state index contributed by atoms with van der Waals surface area (Å²) in [4.78, 5) is 8.85. The van der Waals surface area contributed by atoms with Gasteiger partial charge >= 0.3 is 0 Å². The fourth-order valence-corrected chi connectivity index (χ4v) is 2.46. The summed E-state index contributed by atoms with van der Waals surface area (Å²) in [6, 6.07) is 18.9. The molecule has 6 nitrogen and oxygen atoms in total. The molecule has 1 heterocycles. The Labute approximate surface area is 152 Å². The summed E-state index contributed by atoms with van der Waals surface area (Å²) in [6.45, 7) is 4.38. The average molecular weight is 345 g/mol. The van der Waals surface area contributed by atoms with E-state index in [4.69, 9.17) is 10.00 Å². The van der Waals surface area contributed by atoms with Crippen LogP contribution in [0, 0.1) is 18.3 Å². The molecule has 2 N–H and O–H groups in total. The minimum Gasteiger partial charge on any atom is -0.492 e. The molecular formula is C20H19N5O. The van der Waals surface area contributed by atoms with Crippen molar-refractivity contribution < 1.29 is 4.74 Å². The maximum Gasteiger partial charge on any atom is 0.142 e. The van der Waals surface area contributed by atoms with E-state index in [9.17, 15) is 0 Å². The van der Waals surface area contributed by atoms with Crippen LogP contribution >= 0.6 is 0 Å². The van der Waals surface area contributed by atoms with Crippen LogP contribution in [0.25, 0.3) is 0 Å². The summed E-state index contributed by atoms with van der Waals surface area (Å²) in [7, 11) is 0. The summed E-state index contributed by atoms with van der Waals surface area (Å²) in [5.74, 6) is 2.74. The fraction of sp³-hybridized carbons (Fsp3) is 0.150. The van der Waals surface area contributed by atoms with Crippen LogP contribution in [-0.2, 0) is 0 Å². The lowest BCUT2D eigenvalue weighted by molar-refractivity contribution is 0.342. The first-order valence-corrected chi connectivity index (χ1v) is 8.29. The Morgan fingerprint density at radius 2 is 1.69 bits per heavy atom. The Kier molecular flexibility index (Phi) is 5.30. The van der Waals surface area contributed by atoms with Gasteiger partial charge in [0, 0.05) is 11.8 Å². The van der Waals surface area contributed by atoms with Crippen LogP contribution in [0.1, 0.15) is 18.3 Å². The number of aromatic nitrogens is 2. The molecule has 0 saturated carbocycles. The lowest BCUT2D eigenvalue weighted by Crippen LogP contribution is -2.03. The zero-order chi connectivity index (χ0) is 18.4. The van der Waals surface area contributed by atoms with E-state index >= 15 is 0 Å². The lowest BCUT2D eigenvalue weighted by atomic mass is 10.2. The molecule has 6 heteroatoms. The third kappa shape index (κ3) is 4.28. The average Bonchev–Trinajstić information content (AvgIpc) is 2.64. The molecule has 0 saturated heterocycles. The number of hydrogen-bond donors (Lipinski definition) is 2. The van der Waals surface area contributed by atoms with Crippen LogP contribution in [0.3, 0.4) is 0 Å². The van der Waals surface area contributed by atoms with Crippen molar-refractivity contribution in [1.82, 2.24) is 9.97 Å². The molecule has 3 rings (SSSR count). The number of benzene rings is 2. The maximum absolute atomic E-state index is 8.88. The van der Waals surface area contributed by atoms with Gasteiger partial charge in [-0.2, -0.15) is 5.26 Å². The second kappa shape index (κ2) is 7.99. The minimum absolute atomic E-state index is 0.590. The van der Waals surface area contributed by atoms with Crippen molar-refractivity contribution in [3.8, 4) is 11.8 Å². The van der Waals surface area contributed by atoms with Crippen molar-refractivity contribution in [3.05, 3.63) is 66.0 Å². The first-order valence-electron chi connectivity index (χ1n) is 8.29. The molecule has 130 valence electrons. The molecular weight excluding hydrogens is 326 g/mol. The van der Waals surface area contributed by atoms with Crippen molar-refractivity contribution in [3.63, 3.8) is 0 Å². The van der Waals surface area contributed by atoms with E-state index in [-0.39, 0.29) is 0 Å². The molecule has 26 heavy (non-hydrogen) atoms. The van der Waals surface area contributed by atoms with Crippen LogP contribution in [0.2, 0.25) is 0 Å². The molecule has 0 unspecified atom stereocenters. The maximum atomic E-state index is 8.88. The zero-order valence-electron chi connectivity index (χ0n) is 14.7. The third-order valence-corrected chi connectivity index (χ3v) is 3.57. The van der Waals surface area contributed by atoms with Gasteiger partial charge in [-0.25, -0.2) is 9.97 Å². The van der Waals surface area contributed by atoms with Gasteiger partial charge in [0.1, 0.15) is 23.2 Å². The van der Waals surface area contributed by atoms with Gasteiger partial charge in [0.05, 0.1) is 23.9 Å². The number of rotatable bonds is 6. The molecule has 0 fully saturated rings. The van der Waals surface area contributed by atoms with E-state index in [1.54, 1.807) is 12.1 Å². The van der Waals surface area contributed by atoms with Crippen molar-refractivity contribution in [2.75, 3.05) is 17.2 Å². The van der Waals surface area contributed by atoms with E-state index in [0.717, 1.165) is 17.1 Å². The standard InChI is InChI=1S/C20H19N5O/c1-3-26-18-7-5-4-6-17(18)25-20-12-19(22-14(2)23-20)24-16-10-8-15(13-21)9-11-16/h4-12H,3H2,1-2H3,(H2,22,23,24,25). The Balaban J connectivity index is 1.82. The number of aryl methyl sites for hydroxylation is 1. The van der Waals surface area contributed by atoms with Gasteiger partial charge in [-0.15, -0.1) is 0 Å². The Bertz CT molecular complexity index is 932. The van der Waals surface area contributed by atoms with Crippen LogP contribution < -0.4 is 15.4 Å². The predicted molar refractivity (Wildman–Crippen MR) is 102 cm³/mol. The Hall–Kier alpha value is -3.59. The highest BCUT2D eigenvalue weighted by molar-refractivity contribution is 5.67. The first kappa shape index (κ1) is 17.2. The molecule has 0 bridgehead atoms. The van der Waals surface area contributed by atoms with Gasteiger partial charge in [0.2, 0.25) is 0 Å². The van der Waals surface area contributed by atoms with Gasteiger partial charge in [-0.05, 0) is 50.2 Å². The van der Waals surface area contributed by atoms with Gasteiger partial charge < -0.3 is 15.4 Å². The summed E-state index contributed by atoms with van der Waals surface area (Å²) < 4.78 is 5.64. The van der Waals surface area contributed by atoms with E-state index in [1.807, 2.05) is 56.3 Å². The third-order valence-electron chi connectivity index (χ3n) is 3.57. The quantitative estimate of drug-likeness (QED) is 0.682. The number of nitriles is 1. The minimum atomic E-state index is 0.590. The monoisotopic (exact) mass is 345 g/mol. The number of nitrogens with zero attached hydrogens (tertiary/aromatic N) is 3. The highest BCUT2D eigenvalue weighted by Gasteiger charge is 2.07. The number of anilines is 4. The van der Waals surface area contributed by atoms with Gasteiger partial charge in [-0.1, -0.05) is 12.1 Å². The summed E-state index contributed by atoms with van der Waals surface area (Å²) in [5, 5.41) is 15.4. The molecule has 0 atom stereocenters. The summed E-state index contributed by atoms with van der Waals surface area (Å²) in [6.07, 6.45) is 0. The predicted octanol–water partition coefficient (Wildman–Crippen LogP) is 4.54. The van der Waals surface area contributed by atoms with Gasteiger partial charge in [-0.3, -0.25) is 0 Å². The second-order valence-electron chi connectivity index (χ2n) is 5.55. The lowest BCUT2D eigenvalue weighted by Gasteiger charge is -2.13. The molecule has 3 aromatic rings. The first-order chi connectivity index (χ1) is 12.7. The van der Waals surface area contributed by atoms with Crippen molar-refractivity contribution in [2.24, 2.45) is 0 Å². The molecule has 0 aliphatic rings. The van der Waals surface area contributed by atoms with E-state index < -0.39 is 0 Å². The smallest absolute Gasteiger partial charge is 0.142 e. The summed E-state index contributed by atoms with van der Waals surface area (Å²) in [5.41, 5.74) is 2.31. The molecule has 0 radical (unpaired) electrons. The van der Waals surface area contributed by atoms with Crippen LogP contribution in [0.5, 0.6) is 5.75 Å².